The first-order chi connectivity index (χ1) is 9.95. The van der Waals surface area contributed by atoms with Crippen molar-refractivity contribution in [2.24, 2.45) is 7.05 Å². The van der Waals surface area contributed by atoms with Gasteiger partial charge >= 0.3 is 6.09 Å². The van der Waals surface area contributed by atoms with Gasteiger partial charge in [-0.05, 0) is 13.3 Å². The summed E-state index contributed by atoms with van der Waals surface area (Å²) in [6, 6.07) is 0. The van der Waals surface area contributed by atoms with Crippen LogP contribution in [0.25, 0.3) is 0 Å². The number of amides is 1. The lowest BCUT2D eigenvalue weighted by Gasteiger charge is -2.20. The fourth-order valence-electron chi connectivity index (χ4n) is 2.21. The molecule has 1 aromatic rings. The van der Waals surface area contributed by atoms with Crippen molar-refractivity contribution >= 4 is 16.1 Å². The van der Waals surface area contributed by atoms with Crippen molar-refractivity contribution in [2.45, 2.75) is 18.2 Å². The van der Waals surface area contributed by atoms with Crippen LogP contribution in [0.4, 0.5) is 4.79 Å². The molecule has 8 nitrogen and oxygen atoms in total. The van der Waals surface area contributed by atoms with Crippen LogP contribution in [0, 0.1) is 0 Å². The van der Waals surface area contributed by atoms with Gasteiger partial charge in [-0.25, -0.2) is 13.2 Å². The maximum Gasteiger partial charge on any atom is 0.409 e. The molecule has 1 aliphatic rings. The number of hydrogen-bond donors (Lipinski definition) is 0. The van der Waals surface area contributed by atoms with Crippen LogP contribution in [0.2, 0.25) is 0 Å². The molecule has 0 aliphatic carbocycles. The molecule has 1 aliphatic heterocycles. The van der Waals surface area contributed by atoms with Gasteiger partial charge in [0, 0.05) is 39.4 Å². The molecule has 21 heavy (non-hydrogen) atoms. The van der Waals surface area contributed by atoms with Crippen LogP contribution in [-0.4, -0.2) is 66.3 Å². The number of rotatable bonds is 3. The standard InChI is InChI=1S/C12H20N4O4S/c1-3-20-12(17)15-5-4-6-16(8-7-15)21(18,19)11-9-13-14(2)10-11/h9-10H,3-8H2,1-2H3. The third-order valence-corrected chi connectivity index (χ3v) is 5.15. The van der Waals surface area contributed by atoms with Crippen LogP contribution >= 0.6 is 0 Å². The Labute approximate surface area is 124 Å². The smallest absolute Gasteiger partial charge is 0.409 e. The van der Waals surface area contributed by atoms with E-state index >= 15 is 0 Å². The number of aromatic nitrogens is 2. The van der Waals surface area contributed by atoms with Crippen molar-refractivity contribution in [2.75, 3.05) is 32.8 Å². The van der Waals surface area contributed by atoms with Crippen LogP contribution in [0.15, 0.2) is 17.3 Å². The predicted molar refractivity (Wildman–Crippen MR) is 75.2 cm³/mol. The molecule has 0 radical (unpaired) electrons. The monoisotopic (exact) mass is 316 g/mol. The Hall–Kier alpha value is -1.61. The lowest BCUT2D eigenvalue weighted by molar-refractivity contribution is 0.109. The lowest BCUT2D eigenvalue weighted by Crippen LogP contribution is -2.37. The first-order valence-electron chi connectivity index (χ1n) is 6.85. The van der Waals surface area contributed by atoms with Crippen LogP contribution in [0.3, 0.4) is 0 Å². The molecule has 2 rings (SSSR count). The maximum absolute atomic E-state index is 12.5. The van der Waals surface area contributed by atoms with Crippen LogP contribution in [0.1, 0.15) is 13.3 Å². The van der Waals surface area contributed by atoms with E-state index in [0.717, 1.165) is 0 Å². The highest BCUT2D eigenvalue weighted by atomic mass is 32.2. The number of ether oxygens (including phenoxy) is 1. The maximum atomic E-state index is 12.5. The van der Waals surface area contributed by atoms with Crippen molar-refractivity contribution in [1.82, 2.24) is 19.0 Å². The van der Waals surface area contributed by atoms with Crippen molar-refractivity contribution < 1.29 is 17.9 Å². The summed E-state index contributed by atoms with van der Waals surface area (Å²) in [7, 11) is -1.88. The third-order valence-electron chi connectivity index (χ3n) is 3.30. The Morgan fingerprint density at radius 1 is 1.33 bits per heavy atom. The quantitative estimate of drug-likeness (QED) is 0.799. The summed E-state index contributed by atoms with van der Waals surface area (Å²) < 4.78 is 32.8. The van der Waals surface area contributed by atoms with Gasteiger partial charge < -0.3 is 9.64 Å². The second-order valence-electron chi connectivity index (χ2n) is 4.79. The summed E-state index contributed by atoms with van der Waals surface area (Å²) >= 11 is 0. The molecule has 1 saturated heterocycles. The third kappa shape index (κ3) is 3.53. The first-order valence-corrected chi connectivity index (χ1v) is 8.29. The zero-order valence-corrected chi connectivity index (χ0v) is 13.0. The number of sulfonamides is 1. The van der Waals surface area contributed by atoms with Crippen molar-refractivity contribution in [3.63, 3.8) is 0 Å². The highest BCUT2D eigenvalue weighted by Gasteiger charge is 2.29. The summed E-state index contributed by atoms with van der Waals surface area (Å²) in [5, 5.41) is 3.90. The van der Waals surface area contributed by atoms with Gasteiger partial charge in [0.25, 0.3) is 0 Å². The molecular formula is C12H20N4O4S. The van der Waals surface area contributed by atoms with E-state index in [-0.39, 0.29) is 11.4 Å². The van der Waals surface area contributed by atoms with Gasteiger partial charge in [-0.15, -0.1) is 0 Å². The SMILES string of the molecule is CCOC(=O)N1CCCN(S(=O)(=O)c2cnn(C)c2)CC1. The van der Waals surface area contributed by atoms with Gasteiger partial charge in [0.2, 0.25) is 10.0 Å². The fourth-order valence-corrected chi connectivity index (χ4v) is 3.67. The highest BCUT2D eigenvalue weighted by Crippen LogP contribution is 2.17. The number of nitrogens with zero attached hydrogens (tertiary/aromatic N) is 4. The van der Waals surface area contributed by atoms with Crippen LogP contribution in [-0.2, 0) is 21.8 Å². The Bertz CT molecular complexity index is 598. The minimum absolute atomic E-state index is 0.176. The van der Waals surface area contributed by atoms with Crippen LogP contribution < -0.4 is 0 Å². The van der Waals surface area contributed by atoms with Crippen molar-refractivity contribution in [3.05, 3.63) is 12.4 Å². The molecule has 1 aromatic heterocycles. The average Bonchev–Trinajstić information content (AvgIpc) is 2.74. The molecule has 1 amide bonds. The Balaban J connectivity index is 2.07. The molecule has 0 saturated carbocycles. The Kier molecular flexibility index (Phi) is 4.84. The van der Waals surface area contributed by atoms with Gasteiger partial charge in [0.05, 0.1) is 12.8 Å². The molecule has 0 aromatic carbocycles. The predicted octanol–water partition coefficient (Wildman–Crippen LogP) is 0.273. The number of carbonyl (C=O) groups excluding carboxylic acids is 1. The van der Waals surface area contributed by atoms with E-state index < -0.39 is 16.1 Å². The molecule has 0 bridgehead atoms. The summed E-state index contributed by atoms with van der Waals surface area (Å²) in [5.74, 6) is 0. The Morgan fingerprint density at radius 2 is 2.10 bits per heavy atom. The minimum Gasteiger partial charge on any atom is -0.450 e. The van der Waals surface area contributed by atoms with Gasteiger partial charge in [0.15, 0.2) is 0 Å². The van der Waals surface area contributed by atoms with E-state index in [1.54, 1.807) is 18.9 Å². The molecule has 118 valence electrons. The zero-order chi connectivity index (χ0) is 15.5. The molecule has 0 N–H and O–H groups in total. The number of hydrogen-bond acceptors (Lipinski definition) is 5. The minimum atomic E-state index is -3.55. The molecular weight excluding hydrogens is 296 g/mol. The van der Waals surface area contributed by atoms with E-state index in [2.05, 4.69) is 5.10 Å². The molecule has 0 unspecified atom stereocenters. The summed E-state index contributed by atoms with van der Waals surface area (Å²) in [5.41, 5.74) is 0. The van der Waals surface area contributed by atoms with E-state index in [1.807, 2.05) is 0 Å². The molecule has 0 spiro atoms. The summed E-state index contributed by atoms with van der Waals surface area (Å²) in [4.78, 5) is 13.4. The number of aryl methyl sites for hydroxylation is 1. The molecule has 2 heterocycles. The topological polar surface area (TPSA) is 84.7 Å². The molecule has 1 fully saturated rings. The second-order valence-corrected chi connectivity index (χ2v) is 6.73. The van der Waals surface area contributed by atoms with Gasteiger partial charge in [0.1, 0.15) is 4.90 Å². The highest BCUT2D eigenvalue weighted by molar-refractivity contribution is 7.89. The normalized spacial score (nSPS) is 17.5. The second kappa shape index (κ2) is 6.44. The van der Waals surface area contributed by atoms with Crippen molar-refractivity contribution in [3.8, 4) is 0 Å². The van der Waals surface area contributed by atoms with Gasteiger partial charge in [-0.1, -0.05) is 0 Å². The van der Waals surface area contributed by atoms with Crippen molar-refractivity contribution in [1.29, 1.82) is 0 Å². The molecule has 0 atom stereocenters. The van der Waals surface area contributed by atoms with E-state index in [1.165, 1.54) is 21.4 Å². The van der Waals surface area contributed by atoms with E-state index in [0.29, 0.717) is 32.7 Å². The summed E-state index contributed by atoms with van der Waals surface area (Å²) in [6.45, 7) is 3.53. The lowest BCUT2D eigenvalue weighted by atomic mass is 10.4. The first kappa shape index (κ1) is 15.8. The molecule has 9 heteroatoms. The zero-order valence-electron chi connectivity index (χ0n) is 12.2. The van der Waals surface area contributed by atoms with Crippen LogP contribution in [0.5, 0.6) is 0 Å². The van der Waals surface area contributed by atoms with E-state index in [4.69, 9.17) is 4.74 Å². The number of carbonyl (C=O) groups is 1. The largest absolute Gasteiger partial charge is 0.450 e. The van der Waals surface area contributed by atoms with E-state index in [9.17, 15) is 13.2 Å². The van der Waals surface area contributed by atoms with Gasteiger partial charge in [-0.2, -0.15) is 9.40 Å². The summed E-state index contributed by atoms with van der Waals surface area (Å²) in [6.07, 6.45) is 3.00. The van der Waals surface area contributed by atoms with Gasteiger partial charge in [-0.3, -0.25) is 4.68 Å². The Morgan fingerprint density at radius 3 is 2.71 bits per heavy atom. The fraction of sp³-hybridized carbons (Fsp3) is 0.667. The average molecular weight is 316 g/mol.